The van der Waals surface area contributed by atoms with Gasteiger partial charge in [-0.05, 0) is 44.7 Å². The molecule has 0 saturated heterocycles. The smallest absolute Gasteiger partial charge is 0.0604 e. The predicted octanol–water partition coefficient (Wildman–Crippen LogP) is 2.96. The summed E-state index contributed by atoms with van der Waals surface area (Å²) in [6.45, 7) is 8.22. The summed E-state index contributed by atoms with van der Waals surface area (Å²) < 4.78 is 5.56. The molecule has 0 aliphatic heterocycles. The van der Waals surface area contributed by atoms with Gasteiger partial charge in [-0.2, -0.15) is 0 Å². The highest BCUT2D eigenvalue weighted by atomic mass is 16.5. The zero-order valence-corrected chi connectivity index (χ0v) is 11.1. The van der Waals surface area contributed by atoms with Crippen LogP contribution in [0.15, 0.2) is 18.2 Å². The molecule has 0 heterocycles. The first kappa shape index (κ1) is 12.6. The van der Waals surface area contributed by atoms with Crippen LogP contribution in [0.25, 0.3) is 0 Å². The molecule has 0 aromatic heterocycles. The Morgan fingerprint density at radius 3 is 2.71 bits per heavy atom. The first-order valence-corrected chi connectivity index (χ1v) is 6.60. The Hall–Kier alpha value is -0.860. The molecule has 1 saturated carbocycles. The zero-order chi connectivity index (χ0) is 12.3. The molecule has 1 fully saturated rings. The van der Waals surface area contributed by atoms with Crippen LogP contribution < -0.4 is 5.32 Å². The molecule has 1 aromatic carbocycles. The summed E-state index contributed by atoms with van der Waals surface area (Å²) in [5.74, 6) is 0. The molecule has 0 atom stereocenters. The molecular formula is C15H23NO. The lowest BCUT2D eigenvalue weighted by atomic mass is 9.89. The van der Waals surface area contributed by atoms with E-state index in [9.17, 15) is 0 Å². The Bertz CT molecular complexity index is 369. The largest absolute Gasteiger partial charge is 0.378 e. The van der Waals surface area contributed by atoms with E-state index in [4.69, 9.17) is 4.74 Å². The normalized spacial score (nSPS) is 23.5. The summed E-state index contributed by atoms with van der Waals surface area (Å²) in [7, 11) is 0. The lowest BCUT2D eigenvalue weighted by molar-refractivity contribution is -0.0102. The van der Waals surface area contributed by atoms with Gasteiger partial charge in [0.25, 0.3) is 0 Å². The molecule has 0 spiro atoms. The summed E-state index contributed by atoms with van der Waals surface area (Å²) >= 11 is 0. The lowest BCUT2D eigenvalue weighted by Crippen LogP contribution is -2.45. The van der Waals surface area contributed by atoms with Gasteiger partial charge in [0.1, 0.15) is 0 Å². The lowest BCUT2D eigenvalue weighted by Gasteiger charge is -2.35. The minimum atomic E-state index is 0.497. The molecule has 2 rings (SSSR count). The number of hydrogen-bond acceptors (Lipinski definition) is 2. The Morgan fingerprint density at radius 1 is 1.29 bits per heavy atom. The minimum absolute atomic E-state index is 0.497. The van der Waals surface area contributed by atoms with Crippen LogP contribution in [0.2, 0.25) is 0 Å². The highest BCUT2D eigenvalue weighted by molar-refractivity contribution is 5.30. The van der Waals surface area contributed by atoms with Crippen molar-refractivity contribution in [3.05, 3.63) is 34.9 Å². The molecule has 1 aliphatic rings. The van der Waals surface area contributed by atoms with E-state index in [-0.39, 0.29) is 0 Å². The van der Waals surface area contributed by atoms with Gasteiger partial charge >= 0.3 is 0 Å². The van der Waals surface area contributed by atoms with Gasteiger partial charge in [-0.1, -0.05) is 23.8 Å². The van der Waals surface area contributed by atoms with Crippen LogP contribution in [0.5, 0.6) is 0 Å². The van der Waals surface area contributed by atoms with Crippen LogP contribution >= 0.6 is 0 Å². The maximum absolute atomic E-state index is 5.56. The van der Waals surface area contributed by atoms with Crippen LogP contribution in [-0.4, -0.2) is 18.8 Å². The molecule has 2 heteroatoms. The fraction of sp³-hybridized carbons (Fsp3) is 0.600. The second kappa shape index (κ2) is 5.65. The minimum Gasteiger partial charge on any atom is -0.378 e. The third-order valence-corrected chi connectivity index (χ3v) is 3.58. The summed E-state index contributed by atoms with van der Waals surface area (Å²) in [5.41, 5.74) is 4.14. The highest BCUT2D eigenvalue weighted by Crippen LogP contribution is 2.23. The van der Waals surface area contributed by atoms with E-state index in [1.54, 1.807) is 0 Å². The highest BCUT2D eigenvalue weighted by Gasteiger charge is 2.28. The standard InChI is InChI=1S/C15H23NO/c1-4-17-15-8-14(9-15)16-10-13-6-5-11(2)7-12(13)3/h5-7,14-16H,4,8-10H2,1-3H3. The van der Waals surface area contributed by atoms with E-state index >= 15 is 0 Å². The molecule has 2 nitrogen and oxygen atoms in total. The molecule has 0 unspecified atom stereocenters. The van der Waals surface area contributed by atoms with Gasteiger partial charge in [0.2, 0.25) is 0 Å². The van der Waals surface area contributed by atoms with Gasteiger partial charge in [0.05, 0.1) is 6.10 Å². The zero-order valence-electron chi connectivity index (χ0n) is 11.1. The van der Waals surface area contributed by atoms with Crippen molar-refractivity contribution >= 4 is 0 Å². The van der Waals surface area contributed by atoms with Crippen molar-refractivity contribution in [2.75, 3.05) is 6.61 Å². The van der Waals surface area contributed by atoms with E-state index in [1.807, 2.05) is 0 Å². The molecule has 1 aliphatic carbocycles. The molecule has 0 radical (unpaired) electrons. The number of rotatable bonds is 5. The predicted molar refractivity (Wildman–Crippen MR) is 71.2 cm³/mol. The van der Waals surface area contributed by atoms with Gasteiger partial charge in [0, 0.05) is 19.2 Å². The first-order chi connectivity index (χ1) is 8.19. The average Bonchev–Trinajstić information content (AvgIpc) is 2.23. The summed E-state index contributed by atoms with van der Waals surface area (Å²) in [5, 5.41) is 3.60. The van der Waals surface area contributed by atoms with Crippen molar-refractivity contribution in [3.8, 4) is 0 Å². The quantitative estimate of drug-likeness (QED) is 0.844. The third kappa shape index (κ3) is 3.30. The summed E-state index contributed by atoms with van der Waals surface area (Å²) in [4.78, 5) is 0. The molecule has 17 heavy (non-hydrogen) atoms. The average molecular weight is 233 g/mol. The van der Waals surface area contributed by atoms with Crippen LogP contribution in [-0.2, 0) is 11.3 Å². The van der Waals surface area contributed by atoms with E-state index < -0.39 is 0 Å². The van der Waals surface area contributed by atoms with Crippen molar-refractivity contribution in [2.24, 2.45) is 0 Å². The van der Waals surface area contributed by atoms with Crippen LogP contribution in [0.4, 0.5) is 0 Å². The summed E-state index contributed by atoms with van der Waals surface area (Å²) in [6, 6.07) is 7.32. The van der Waals surface area contributed by atoms with Crippen molar-refractivity contribution in [2.45, 2.75) is 52.3 Å². The fourth-order valence-corrected chi connectivity index (χ4v) is 2.40. The maximum Gasteiger partial charge on any atom is 0.0604 e. The molecule has 94 valence electrons. The van der Waals surface area contributed by atoms with Crippen molar-refractivity contribution in [1.82, 2.24) is 5.32 Å². The SMILES string of the molecule is CCOC1CC(NCc2ccc(C)cc2C)C1. The second-order valence-corrected chi connectivity index (χ2v) is 5.06. The Balaban J connectivity index is 1.76. The van der Waals surface area contributed by atoms with Crippen LogP contribution in [0, 0.1) is 13.8 Å². The van der Waals surface area contributed by atoms with E-state index in [2.05, 4.69) is 44.3 Å². The van der Waals surface area contributed by atoms with Gasteiger partial charge in [0.15, 0.2) is 0 Å². The number of hydrogen-bond donors (Lipinski definition) is 1. The van der Waals surface area contributed by atoms with Gasteiger partial charge in [-0.3, -0.25) is 0 Å². The Kier molecular flexibility index (Phi) is 4.19. The van der Waals surface area contributed by atoms with Crippen molar-refractivity contribution < 1.29 is 4.74 Å². The van der Waals surface area contributed by atoms with E-state index in [0.717, 1.165) is 13.2 Å². The summed E-state index contributed by atoms with van der Waals surface area (Å²) in [6.07, 6.45) is 2.83. The molecule has 0 bridgehead atoms. The second-order valence-electron chi connectivity index (χ2n) is 5.06. The van der Waals surface area contributed by atoms with Crippen LogP contribution in [0.1, 0.15) is 36.5 Å². The van der Waals surface area contributed by atoms with Crippen LogP contribution in [0.3, 0.4) is 0 Å². The Morgan fingerprint density at radius 2 is 2.06 bits per heavy atom. The molecular weight excluding hydrogens is 210 g/mol. The molecule has 0 amide bonds. The number of ether oxygens (including phenoxy) is 1. The van der Waals surface area contributed by atoms with E-state index in [1.165, 1.54) is 29.5 Å². The van der Waals surface area contributed by atoms with Gasteiger partial charge in [-0.25, -0.2) is 0 Å². The van der Waals surface area contributed by atoms with Gasteiger partial charge < -0.3 is 10.1 Å². The maximum atomic E-state index is 5.56. The topological polar surface area (TPSA) is 21.3 Å². The number of benzene rings is 1. The fourth-order valence-electron chi connectivity index (χ4n) is 2.40. The van der Waals surface area contributed by atoms with Crippen molar-refractivity contribution in [1.29, 1.82) is 0 Å². The van der Waals surface area contributed by atoms with Gasteiger partial charge in [-0.15, -0.1) is 0 Å². The Labute approximate surface area is 104 Å². The first-order valence-electron chi connectivity index (χ1n) is 6.60. The molecule has 1 N–H and O–H groups in total. The van der Waals surface area contributed by atoms with E-state index in [0.29, 0.717) is 12.1 Å². The number of aryl methyl sites for hydroxylation is 2. The van der Waals surface area contributed by atoms with Crippen molar-refractivity contribution in [3.63, 3.8) is 0 Å². The molecule has 1 aromatic rings. The third-order valence-electron chi connectivity index (χ3n) is 3.58. The monoisotopic (exact) mass is 233 g/mol. The number of nitrogens with one attached hydrogen (secondary N) is 1.